The number of amides is 5. The molecule has 3 N–H and O–H groups in total. The van der Waals surface area contributed by atoms with Crippen molar-refractivity contribution in [3.8, 4) is 6.07 Å². The summed E-state index contributed by atoms with van der Waals surface area (Å²) in [6.45, 7) is 2.97. The van der Waals surface area contributed by atoms with Crippen molar-refractivity contribution < 1.29 is 23.9 Å². The summed E-state index contributed by atoms with van der Waals surface area (Å²) in [7, 11) is 0. The quantitative estimate of drug-likeness (QED) is 0.434. The average molecular weight is 473 g/mol. The van der Waals surface area contributed by atoms with Crippen LogP contribution in [0.5, 0.6) is 0 Å². The number of hydrogen-bond acceptors (Lipinski definition) is 6. The molecule has 2 aliphatic heterocycles. The van der Waals surface area contributed by atoms with Crippen molar-refractivity contribution in [2.24, 2.45) is 0 Å². The summed E-state index contributed by atoms with van der Waals surface area (Å²) in [5.74, 6) is -1.24. The Hall–Kier alpha value is -4.65. The first kappa shape index (κ1) is 23.5. The number of imide groups is 1. The molecule has 4 rings (SSSR count). The summed E-state index contributed by atoms with van der Waals surface area (Å²) in [5.41, 5.74) is 0.361. The fourth-order valence-corrected chi connectivity index (χ4v) is 4.16. The van der Waals surface area contributed by atoms with E-state index in [4.69, 9.17) is 10.00 Å². The molecule has 2 heterocycles. The number of hydrogen-bond donors (Lipinski definition) is 3. The Morgan fingerprint density at radius 2 is 1.80 bits per heavy atom. The number of carbonyl (C=O) groups excluding carboxylic acids is 4. The van der Waals surface area contributed by atoms with Gasteiger partial charge < -0.3 is 20.7 Å². The van der Waals surface area contributed by atoms with Gasteiger partial charge in [0.15, 0.2) is 0 Å². The standard InChI is InChI=1S/C25H23N5O5/c1-3-35-21(31)19-18(27-23(33)28-20(19)16-7-5-4-6-8-16)14-30-22(32)25(2,29-24(30)34)17-11-9-15(13-26)10-12-17/h4-12,20H,3,14H2,1-2H3,(H,29,34)(H2,27,28,33). The summed E-state index contributed by atoms with van der Waals surface area (Å²) >= 11 is 0. The SMILES string of the molecule is CCOC(=O)C1=C(CN2C(=O)NC(C)(c3ccc(C#N)cc3)C2=O)NC(=O)NC1c1ccccc1. The number of rotatable bonds is 6. The number of nitrogens with zero attached hydrogens (tertiary/aromatic N) is 2. The van der Waals surface area contributed by atoms with Crippen LogP contribution in [0.2, 0.25) is 0 Å². The molecule has 178 valence electrons. The molecule has 35 heavy (non-hydrogen) atoms. The third-order valence-corrected chi connectivity index (χ3v) is 5.96. The van der Waals surface area contributed by atoms with Crippen molar-refractivity contribution in [1.29, 1.82) is 5.26 Å². The lowest BCUT2D eigenvalue weighted by Crippen LogP contribution is -2.49. The van der Waals surface area contributed by atoms with Gasteiger partial charge in [-0.2, -0.15) is 5.26 Å². The van der Waals surface area contributed by atoms with Crippen LogP contribution in [0, 0.1) is 11.3 Å². The van der Waals surface area contributed by atoms with E-state index in [1.54, 1.807) is 68.4 Å². The average Bonchev–Trinajstić information content (AvgIpc) is 3.08. The van der Waals surface area contributed by atoms with Gasteiger partial charge in [-0.05, 0) is 37.1 Å². The van der Waals surface area contributed by atoms with Gasteiger partial charge in [0, 0.05) is 0 Å². The molecule has 0 aliphatic carbocycles. The van der Waals surface area contributed by atoms with E-state index in [0.29, 0.717) is 16.7 Å². The van der Waals surface area contributed by atoms with E-state index in [2.05, 4.69) is 16.0 Å². The molecule has 2 atom stereocenters. The first-order chi connectivity index (χ1) is 16.8. The molecule has 2 aliphatic rings. The maximum atomic E-state index is 13.4. The van der Waals surface area contributed by atoms with Gasteiger partial charge in [-0.25, -0.2) is 14.4 Å². The van der Waals surface area contributed by atoms with Gasteiger partial charge >= 0.3 is 18.0 Å². The van der Waals surface area contributed by atoms with E-state index >= 15 is 0 Å². The van der Waals surface area contributed by atoms with E-state index in [-0.39, 0.29) is 24.4 Å². The Bertz CT molecular complexity index is 1270. The third kappa shape index (κ3) is 4.31. The van der Waals surface area contributed by atoms with Crippen molar-refractivity contribution in [2.75, 3.05) is 13.2 Å². The van der Waals surface area contributed by atoms with E-state index in [1.807, 2.05) is 6.07 Å². The van der Waals surface area contributed by atoms with Crippen molar-refractivity contribution >= 4 is 23.9 Å². The second-order valence-corrected chi connectivity index (χ2v) is 8.19. The van der Waals surface area contributed by atoms with Crippen LogP contribution in [0.15, 0.2) is 65.9 Å². The summed E-state index contributed by atoms with van der Waals surface area (Å²) in [4.78, 5) is 52.7. The van der Waals surface area contributed by atoms with Gasteiger partial charge in [-0.3, -0.25) is 9.69 Å². The zero-order valence-corrected chi connectivity index (χ0v) is 19.1. The molecule has 0 radical (unpaired) electrons. The Kier molecular flexibility index (Phi) is 6.25. The number of carbonyl (C=O) groups is 4. The Morgan fingerprint density at radius 1 is 1.11 bits per heavy atom. The second-order valence-electron chi connectivity index (χ2n) is 8.19. The van der Waals surface area contributed by atoms with Gasteiger partial charge in [0.05, 0.1) is 42.1 Å². The van der Waals surface area contributed by atoms with Gasteiger partial charge in [0.25, 0.3) is 5.91 Å². The van der Waals surface area contributed by atoms with Crippen molar-refractivity contribution in [3.05, 3.63) is 82.6 Å². The summed E-state index contributed by atoms with van der Waals surface area (Å²) in [6.07, 6.45) is 0. The highest BCUT2D eigenvalue weighted by molar-refractivity contribution is 6.07. The molecule has 2 unspecified atom stereocenters. The molecule has 10 nitrogen and oxygen atoms in total. The molecule has 10 heteroatoms. The monoisotopic (exact) mass is 473 g/mol. The number of benzene rings is 2. The van der Waals surface area contributed by atoms with E-state index in [9.17, 15) is 19.2 Å². The fraction of sp³-hybridized carbons (Fsp3) is 0.240. The number of nitrogens with one attached hydrogen (secondary N) is 3. The summed E-state index contributed by atoms with van der Waals surface area (Å²) in [5, 5.41) is 17.0. The lowest BCUT2D eigenvalue weighted by atomic mass is 9.91. The third-order valence-electron chi connectivity index (χ3n) is 5.96. The van der Waals surface area contributed by atoms with Crippen molar-refractivity contribution in [2.45, 2.75) is 25.4 Å². The minimum atomic E-state index is -1.38. The number of nitriles is 1. The molecule has 0 bridgehead atoms. The van der Waals surface area contributed by atoms with Crippen LogP contribution >= 0.6 is 0 Å². The highest BCUT2D eigenvalue weighted by Crippen LogP contribution is 2.32. The van der Waals surface area contributed by atoms with Crippen LogP contribution < -0.4 is 16.0 Å². The van der Waals surface area contributed by atoms with Crippen molar-refractivity contribution in [3.63, 3.8) is 0 Å². The maximum Gasteiger partial charge on any atom is 0.338 e. The van der Waals surface area contributed by atoms with E-state index in [0.717, 1.165) is 4.90 Å². The van der Waals surface area contributed by atoms with E-state index in [1.165, 1.54) is 0 Å². The predicted octanol–water partition coefficient (Wildman–Crippen LogP) is 2.20. The zero-order valence-electron chi connectivity index (χ0n) is 19.1. The Morgan fingerprint density at radius 3 is 2.43 bits per heavy atom. The second kappa shape index (κ2) is 9.30. The predicted molar refractivity (Wildman–Crippen MR) is 123 cm³/mol. The normalized spacial score (nSPS) is 21.7. The van der Waals surface area contributed by atoms with Gasteiger partial charge in [-0.15, -0.1) is 0 Å². The van der Waals surface area contributed by atoms with Gasteiger partial charge in [0.1, 0.15) is 5.54 Å². The zero-order chi connectivity index (χ0) is 25.2. The van der Waals surface area contributed by atoms with Crippen molar-refractivity contribution in [1.82, 2.24) is 20.9 Å². The summed E-state index contributed by atoms with van der Waals surface area (Å²) in [6, 6.07) is 15.1. The largest absolute Gasteiger partial charge is 0.463 e. The van der Waals surface area contributed by atoms with Crippen LogP contribution in [0.4, 0.5) is 9.59 Å². The molecular formula is C25H23N5O5. The molecule has 1 saturated heterocycles. The Balaban J connectivity index is 1.72. The number of urea groups is 2. The maximum absolute atomic E-state index is 13.4. The molecule has 2 aromatic rings. The molecule has 0 saturated carbocycles. The molecule has 0 aromatic heterocycles. The molecule has 0 spiro atoms. The summed E-state index contributed by atoms with van der Waals surface area (Å²) < 4.78 is 5.23. The smallest absolute Gasteiger partial charge is 0.338 e. The van der Waals surface area contributed by atoms with E-state index < -0.39 is 35.5 Å². The highest BCUT2D eigenvalue weighted by Gasteiger charge is 2.50. The number of esters is 1. The van der Waals surface area contributed by atoms with Crippen LogP contribution in [0.3, 0.4) is 0 Å². The van der Waals surface area contributed by atoms with Gasteiger partial charge in [-0.1, -0.05) is 42.5 Å². The molecule has 2 aromatic carbocycles. The van der Waals surface area contributed by atoms with Crippen LogP contribution in [-0.4, -0.2) is 42.0 Å². The molecular weight excluding hydrogens is 450 g/mol. The highest BCUT2D eigenvalue weighted by atomic mass is 16.5. The fourth-order valence-electron chi connectivity index (χ4n) is 4.16. The van der Waals surface area contributed by atoms with Crippen LogP contribution in [0.25, 0.3) is 0 Å². The van der Waals surface area contributed by atoms with Crippen LogP contribution in [-0.2, 0) is 19.9 Å². The first-order valence-electron chi connectivity index (χ1n) is 11.0. The topological polar surface area (TPSA) is 141 Å². The lowest BCUT2D eigenvalue weighted by Gasteiger charge is -2.30. The van der Waals surface area contributed by atoms with Gasteiger partial charge in [0.2, 0.25) is 0 Å². The first-order valence-corrected chi connectivity index (χ1v) is 11.0. The van der Waals surface area contributed by atoms with Crippen LogP contribution in [0.1, 0.15) is 36.6 Å². The minimum Gasteiger partial charge on any atom is -0.463 e. The molecule has 5 amide bonds. The number of ether oxygens (including phenoxy) is 1. The lowest BCUT2D eigenvalue weighted by molar-refractivity contribution is -0.139. The minimum absolute atomic E-state index is 0.0913. The molecule has 1 fully saturated rings. The Labute approximate surface area is 201 Å².